The molecule has 0 bridgehead atoms. The van der Waals surface area contributed by atoms with E-state index in [-0.39, 0.29) is 10.8 Å². The van der Waals surface area contributed by atoms with Crippen LogP contribution in [0.5, 0.6) is 17.2 Å². The van der Waals surface area contributed by atoms with Gasteiger partial charge in [0.2, 0.25) is 0 Å². The third-order valence-electron chi connectivity index (χ3n) is 2.30. The van der Waals surface area contributed by atoms with Gasteiger partial charge in [0.25, 0.3) is 10.1 Å². The summed E-state index contributed by atoms with van der Waals surface area (Å²) in [5, 5.41) is 28.4. The number of benzene rings is 2. The maximum absolute atomic E-state index is 10.9. The molecule has 90 valence electrons. The van der Waals surface area contributed by atoms with Gasteiger partial charge < -0.3 is 15.3 Å². The molecule has 0 amide bonds. The van der Waals surface area contributed by atoms with Crippen molar-refractivity contribution >= 4 is 20.9 Å². The Balaban J connectivity index is 2.87. The van der Waals surface area contributed by atoms with E-state index in [9.17, 15) is 23.7 Å². The summed E-state index contributed by atoms with van der Waals surface area (Å²) in [7, 11) is -4.44. The molecule has 0 saturated carbocycles. The van der Waals surface area contributed by atoms with E-state index in [2.05, 4.69) is 0 Å². The summed E-state index contributed by atoms with van der Waals surface area (Å²) in [5.74, 6) is -1.32. The highest BCUT2D eigenvalue weighted by molar-refractivity contribution is 7.85. The minimum absolute atomic E-state index is 0.160. The van der Waals surface area contributed by atoms with Gasteiger partial charge in [-0.1, -0.05) is 0 Å². The van der Waals surface area contributed by atoms with Crippen molar-refractivity contribution in [1.29, 1.82) is 0 Å². The van der Waals surface area contributed by atoms with Crippen molar-refractivity contribution < 1.29 is 28.3 Å². The summed E-state index contributed by atoms with van der Waals surface area (Å²) in [6, 6.07) is 4.10. The Morgan fingerprint density at radius 3 is 2.00 bits per heavy atom. The van der Waals surface area contributed by atoms with Crippen LogP contribution in [0.2, 0.25) is 0 Å². The lowest BCUT2D eigenvalue weighted by Gasteiger charge is -2.06. The molecule has 7 heteroatoms. The normalized spacial score (nSPS) is 11.8. The smallest absolute Gasteiger partial charge is 0.294 e. The Bertz CT molecular complexity index is 704. The number of fused-ring (bicyclic) bond motifs is 1. The summed E-state index contributed by atoms with van der Waals surface area (Å²) in [5.41, 5.74) is 0. The molecule has 0 aliphatic heterocycles. The zero-order valence-corrected chi connectivity index (χ0v) is 9.14. The van der Waals surface area contributed by atoms with Gasteiger partial charge in [-0.2, -0.15) is 8.42 Å². The second kappa shape index (κ2) is 3.51. The maximum Gasteiger partial charge on any atom is 0.294 e. The SMILES string of the molecule is O=S(=O)(O)c1cc(O)c2cc(O)c(O)cc2c1. The Kier molecular flexibility index (Phi) is 2.37. The average Bonchev–Trinajstić information content (AvgIpc) is 2.19. The second-order valence-electron chi connectivity index (χ2n) is 3.48. The second-order valence-corrected chi connectivity index (χ2v) is 4.90. The van der Waals surface area contributed by atoms with E-state index < -0.39 is 32.3 Å². The minimum Gasteiger partial charge on any atom is -0.507 e. The molecule has 17 heavy (non-hydrogen) atoms. The van der Waals surface area contributed by atoms with Crippen molar-refractivity contribution in [2.24, 2.45) is 0 Å². The van der Waals surface area contributed by atoms with Crippen LogP contribution < -0.4 is 0 Å². The minimum atomic E-state index is -4.44. The predicted octanol–water partition coefficient (Wildman–Crippen LogP) is 1.20. The van der Waals surface area contributed by atoms with Crippen LogP contribution in [-0.4, -0.2) is 28.3 Å². The molecular formula is C10H8O6S. The van der Waals surface area contributed by atoms with Gasteiger partial charge in [0, 0.05) is 11.5 Å². The molecule has 0 saturated heterocycles. The lowest BCUT2D eigenvalue weighted by atomic mass is 10.1. The molecule has 0 aliphatic carbocycles. The Hall–Kier alpha value is -1.99. The van der Waals surface area contributed by atoms with Gasteiger partial charge >= 0.3 is 0 Å². The molecule has 0 unspecified atom stereocenters. The van der Waals surface area contributed by atoms with Crippen molar-refractivity contribution in [3.05, 3.63) is 24.3 Å². The van der Waals surface area contributed by atoms with E-state index in [1.807, 2.05) is 0 Å². The molecule has 2 aromatic carbocycles. The van der Waals surface area contributed by atoms with Crippen LogP contribution in [0.1, 0.15) is 0 Å². The van der Waals surface area contributed by atoms with Crippen LogP contribution in [0.25, 0.3) is 10.8 Å². The molecule has 0 spiro atoms. The van der Waals surface area contributed by atoms with Crippen molar-refractivity contribution in [3.63, 3.8) is 0 Å². The number of rotatable bonds is 1. The van der Waals surface area contributed by atoms with Gasteiger partial charge in [0.15, 0.2) is 11.5 Å². The van der Waals surface area contributed by atoms with E-state index >= 15 is 0 Å². The average molecular weight is 256 g/mol. The van der Waals surface area contributed by atoms with E-state index in [0.717, 1.165) is 24.3 Å². The van der Waals surface area contributed by atoms with Gasteiger partial charge in [0.1, 0.15) is 5.75 Å². The lowest BCUT2D eigenvalue weighted by Crippen LogP contribution is -1.97. The van der Waals surface area contributed by atoms with Gasteiger partial charge in [-0.25, -0.2) is 0 Å². The topological polar surface area (TPSA) is 115 Å². The molecule has 0 fully saturated rings. The largest absolute Gasteiger partial charge is 0.507 e. The highest BCUT2D eigenvalue weighted by Gasteiger charge is 2.14. The third kappa shape index (κ3) is 1.97. The summed E-state index contributed by atoms with van der Waals surface area (Å²) in [4.78, 5) is -0.493. The fraction of sp³-hybridized carbons (Fsp3) is 0. The Morgan fingerprint density at radius 1 is 0.824 bits per heavy atom. The highest BCUT2D eigenvalue weighted by Crippen LogP contribution is 2.36. The number of hydrogen-bond donors (Lipinski definition) is 4. The van der Waals surface area contributed by atoms with Crippen LogP contribution in [0.15, 0.2) is 29.2 Å². The predicted molar refractivity (Wildman–Crippen MR) is 58.8 cm³/mol. The molecule has 6 nitrogen and oxygen atoms in total. The fourth-order valence-electron chi connectivity index (χ4n) is 1.49. The number of hydrogen-bond acceptors (Lipinski definition) is 5. The summed E-state index contributed by atoms with van der Waals surface area (Å²) >= 11 is 0. The molecule has 2 aromatic rings. The molecule has 2 rings (SSSR count). The summed E-state index contributed by atoms with van der Waals surface area (Å²) in [6.45, 7) is 0. The first kappa shape index (κ1) is 11.5. The number of phenols is 3. The quantitative estimate of drug-likeness (QED) is 0.450. The van der Waals surface area contributed by atoms with Crippen molar-refractivity contribution in [2.75, 3.05) is 0 Å². The van der Waals surface area contributed by atoms with Crippen LogP contribution >= 0.6 is 0 Å². The number of aromatic hydroxyl groups is 3. The van der Waals surface area contributed by atoms with Crippen molar-refractivity contribution in [3.8, 4) is 17.2 Å². The lowest BCUT2D eigenvalue weighted by molar-refractivity contribution is 0.404. The van der Waals surface area contributed by atoms with E-state index in [0.29, 0.717) is 0 Å². The zero-order chi connectivity index (χ0) is 12.8. The third-order valence-corrected chi connectivity index (χ3v) is 3.13. The van der Waals surface area contributed by atoms with Crippen molar-refractivity contribution in [2.45, 2.75) is 4.90 Å². The first-order valence-electron chi connectivity index (χ1n) is 4.45. The molecule has 0 atom stereocenters. The molecule has 0 aromatic heterocycles. The molecule has 4 N–H and O–H groups in total. The maximum atomic E-state index is 10.9. The standard InChI is InChI=1S/C10H8O6S/c11-8-3-6(17(14,15)16)1-5-2-9(12)10(13)4-7(5)8/h1-4,11-13H,(H,14,15,16). The van der Waals surface area contributed by atoms with E-state index in [1.165, 1.54) is 0 Å². The zero-order valence-electron chi connectivity index (χ0n) is 8.32. The van der Waals surface area contributed by atoms with Crippen LogP contribution in [0.3, 0.4) is 0 Å². The van der Waals surface area contributed by atoms with Crippen molar-refractivity contribution in [1.82, 2.24) is 0 Å². The van der Waals surface area contributed by atoms with Crippen LogP contribution in [-0.2, 0) is 10.1 Å². The van der Waals surface area contributed by atoms with Gasteiger partial charge in [-0.05, 0) is 23.6 Å². The Morgan fingerprint density at radius 2 is 1.41 bits per heavy atom. The molecular weight excluding hydrogens is 248 g/mol. The van der Waals surface area contributed by atoms with Crippen LogP contribution in [0, 0.1) is 0 Å². The first-order chi connectivity index (χ1) is 7.79. The first-order valence-corrected chi connectivity index (χ1v) is 5.89. The monoisotopic (exact) mass is 256 g/mol. The van der Waals surface area contributed by atoms with E-state index in [1.54, 1.807) is 0 Å². The summed E-state index contributed by atoms with van der Waals surface area (Å²) < 4.78 is 30.7. The molecule has 0 aliphatic rings. The molecule has 0 heterocycles. The molecule has 0 radical (unpaired) electrons. The fourth-order valence-corrected chi connectivity index (χ4v) is 2.03. The van der Waals surface area contributed by atoms with E-state index in [4.69, 9.17) is 4.55 Å². The van der Waals surface area contributed by atoms with Gasteiger partial charge in [-0.3, -0.25) is 4.55 Å². The van der Waals surface area contributed by atoms with Gasteiger partial charge in [-0.15, -0.1) is 0 Å². The van der Waals surface area contributed by atoms with Crippen LogP contribution in [0.4, 0.5) is 0 Å². The highest BCUT2D eigenvalue weighted by atomic mass is 32.2. The Labute approximate surface area is 96.1 Å². The summed E-state index contributed by atoms with van der Waals surface area (Å²) in [6.07, 6.45) is 0. The van der Waals surface area contributed by atoms with Gasteiger partial charge in [0.05, 0.1) is 4.90 Å². The number of phenolic OH excluding ortho intramolecular Hbond substituents is 3.